The first-order chi connectivity index (χ1) is 12.0. The van der Waals surface area contributed by atoms with Crippen molar-refractivity contribution < 1.29 is 5.11 Å². The topological polar surface area (TPSA) is 56.7 Å². The molecule has 4 heteroatoms. The highest BCUT2D eigenvalue weighted by molar-refractivity contribution is 6.09. The minimum atomic E-state index is 0.191. The van der Waals surface area contributed by atoms with Gasteiger partial charge >= 0.3 is 0 Å². The fourth-order valence-electron chi connectivity index (χ4n) is 2.25. The third kappa shape index (κ3) is 5.70. The summed E-state index contributed by atoms with van der Waals surface area (Å²) in [7, 11) is 0. The van der Waals surface area contributed by atoms with Crippen LogP contribution in [0.5, 0.6) is 5.75 Å². The second-order valence-electron chi connectivity index (χ2n) is 5.60. The van der Waals surface area contributed by atoms with E-state index in [1.54, 1.807) is 18.2 Å². The first-order valence-electron chi connectivity index (χ1n) is 7.97. The molecule has 2 aromatic carbocycles. The Labute approximate surface area is 148 Å². The molecule has 0 aliphatic rings. The lowest BCUT2D eigenvalue weighted by Crippen LogP contribution is -2.03. The summed E-state index contributed by atoms with van der Waals surface area (Å²) in [6.45, 7) is 11.6. The van der Waals surface area contributed by atoms with Gasteiger partial charge in [0, 0.05) is 28.7 Å². The second kappa shape index (κ2) is 8.55. The van der Waals surface area contributed by atoms with Gasteiger partial charge in [-0.05, 0) is 44.2 Å². The van der Waals surface area contributed by atoms with E-state index in [9.17, 15) is 5.11 Å². The zero-order valence-electron chi connectivity index (χ0n) is 14.6. The van der Waals surface area contributed by atoms with Gasteiger partial charge in [0.15, 0.2) is 0 Å². The lowest BCUT2D eigenvalue weighted by Gasteiger charge is -2.09. The molecule has 0 atom stereocenters. The van der Waals surface area contributed by atoms with Crippen LogP contribution in [-0.2, 0) is 0 Å². The zero-order valence-corrected chi connectivity index (χ0v) is 14.6. The Morgan fingerprint density at radius 2 is 1.76 bits per heavy atom. The number of anilines is 2. The number of phenols is 1. The van der Waals surface area contributed by atoms with E-state index in [0.717, 1.165) is 28.3 Å². The van der Waals surface area contributed by atoms with E-state index in [2.05, 4.69) is 28.8 Å². The fourth-order valence-corrected chi connectivity index (χ4v) is 2.25. The molecule has 0 saturated heterocycles. The molecule has 0 aromatic heterocycles. The highest BCUT2D eigenvalue weighted by Gasteiger charge is 2.03. The largest absolute Gasteiger partial charge is 0.508 e. The van der Waals surface area contributed by atoms with Crippen LogP contribution in [0.15, 0.2) is 90.4 Å². The van der Waals surface area contributed by atoms with Crippen molar-refractivity contribution in [2.24, 2.45) is 4.99 Å². The molecule has 0 unspecified atom stereocenters. The van der Waals surface area contributed by atoms with Crippen molar-refractivity contribution in [2.45, 2.75) is 13.8 Å². The molecule has 0 spiro atoms. The maximum absolute atomic E-state index is 9.53. The number of rotatable bonds is 7. The van der Waals surface area contributed by atoms with Crippen LogP contribution in [0, 0.1) is 0 Å². The predicted octanol–water partition coefficient (Wildman–Crippen LogP) is 5.29. The molecular formula is C21H23N3O. The van der Waals surface area contributed by atoms with Gasteiger partial charge in [0.1, 0.15) is 11.6 Å². The maximum atomic E-state index is 9.53. The zero-order chi connectivity index (χ0) is 18.2. The van der Waals surface area contributed by atoms with Crippen LogP contribution in [0.2, 0.25) is 0 Å². The Kier molecular flexibility index (Phi) is 6.18. The first-order valence-corrected chi connectivity index (χ1v) is 7.97. The van der Waals surface area contributed by atoms with Crippen LogP contribution in [0.25, 0.3) is 0 Å². The van der Waals surface area contributed by atoms with Crippen molar-refractivity contribution in [2.75, 3.05) is 10.6 Å². The van der Waals surface area contributed by atoms with Crippen molar-refractivity contribution in [3.63, 3.8) is 0 Å². The number of phenolic OH excluding ortho intramolecular Hbond substituents is 1. The molecule has 0 bridgehead atoms. The van der Waals surface area contributed by atoms with Crippen LogP contribution in [0.1, 0.15) is 19.4 Å². The summed E-state index contributed by atoms with van der Waals surface area (Å²) in [5.41, 5.74) is 4.37. The van der Waals surface area contributed by atoms with Crippen molar-refractivity contribution in [1.29, 1.82) is 0 Å². The number of hydrogen-bond acceptors (Lipinski definition) is 4. The quantitative estimate of drug-likeness (QED) is 0.604. The normalized spacial score (nSPS) is 11.4. The summed E-state index contributed by atoms with van der Waals surface area (Å²) in [6, 6.07) is 14.8. The average Bonchev–Trinajstić information content (AvgIpc) is 2.54. The molecule has 0 aliphatic carbocycles. The summed E-state index contributed by atoms with van der Waals surface area (Å²) >= 11 is 0. The Morgan fingerprint density at radius 1 is 1.04 bits per heavy atom. The second-order valence-corrected chi connectivity index (χ2v) is 5.60. The number of hydrogen-bond donors (Lipinski definition) is 3. The van der Waals surface area contributed by atoms with Gasteiger partial charge in [-0.3, -0.25) is 0 Å². The molecule has 0 fully saturated rings. The van der Waals surface area contributed by atoms with E-state index in [1.807, 2.05) is 56.3 Å². The number of nitrogens with one attached hydrogen (secondary N) is 2. The molecule has 0 amide bonds. The molecule has 2 rings (SSSR count). The lowest BCUT2D eigenvalue weighted by molar-refractivity contribution is 0.475. The van der Waals surface area contributed by atoms with E-state index >= 15 is 0 Å². The fraction of sp³-hybridized carbons (Fsp3) is 0.0952. The van der Waals surface area contributed by atoms with Crippen molar-refractivity contribution in [3.8, 4) is 5.75 Å². The van der Waals surface area contributed by atoms with E-state index in [4.69, 9.17) is 0 Å². The molecular weight excluding hydrogens is 310 g/mol. The van der Waals surface area contributed by atoms with Crippen LogP contribution in [-0.4, -0.2) is 10.8 Å². The number of nitrogens with zero attached hydrogens (tertiary/aromatic N) is 1. The molecule has 0 aliphatic heterocycles. The van der Waals surface area contributed by atoms with Gasteiger partial charge in [0.25, 0.3) is 0 Å². The van der Waals surface area contributed by atoms with E-state index in [-0.39, 0.29) is 5.75 Å². The molecule has 128 valence electrons. The third-order valence-electron chi connectivity index (χ3n) is 3.25. The Morgan fingerprint density at radius 3 is 2.36 bits per heavy atom. The Balaban J connectivity index is 2.19. The summed E-state index contributed by atoms with van der Waals surface area (Å²) in [5, 5.41) is 15.8. The standard InChI is InChI=1S/C21H23N3O/c1-5-7-21(17-10-12-18(13-11-17)22-15(2)3)24-16(4)23-19-8-6-9-20(25)14-19/h5-14,22-23,25H,2,4H2,1,3H3/b7-5-,24-21+. The van der Waals surface area contributed by atoms with Gasteiger partial charge in [0.05, 0.1) is 5.71 Å². The smallest absolute Gasteiger partial charge is 0.123 e. The third-order valence-corrected chi connectivity index (χ3v) is 3.25. The van der Waals surface area contributed by atoms with E-state index in [0.29, 0.717) is 5.82 Å². The molecule has 25 heavy (non-hydrogen) atoms. The summed E-state index contributed by atoms with van der Waals surface area (Å²) < 4.78 is 0. The number of allylic oxidation sites excluding steroid dienone is 3. The van der Waals surface area contributed by atoms with Crippen LogP contribution in [0.4, 0.5) is 11.4 Å². The predicted molar refractivity (Wildman–Crippen MR) is 107 cm³/mol. The lowest BCUT2D eigenvalue weighted by atomic mass is 10.1. The summed E-state index contributed by atoms with van der Waals surface area (Å²) in [6.07, 6.45) is 3.86. The van der Waals surface area contributed by atoms with Gasteiger partial charge in [-0.15, -0.1) is 0 Å². The van der Waals surface area contributed by atoms with Crippen molar-refractivity contribution in [3.05, 3.63) is 90.9 Å². The van der Waals surface area contributed by atoms with Crippen LogP contribution >= 0.6 is 0 Å². The number of aliphatic imine (C=N–C) groups is 1. The highest BCUT2D eigenvalue weighted by atomic mass is 16.3. The number of benzene rings is 2. The number of aromatic hydroxyl groups is 1. The van der Waals surface area contributed by atoms with E-state index < -0.39 is 0 Å². The minimum absolute atomic E-state index is 0.191. The van der Waals surface area contributed by atoms with E-state index in [1.165, 1.54) is 0 Å². The van der Waals surface area contributed by atoms with Crippen LogP contribution in [0.3, 0.4) is 0 Å². The average molecular weight is 333 g/mol. The van der Waals surface area contributed by atoms with Gasteiger partial charge in [-0.1, -0.05) is 37.4 Å². The Hall–Kier alpha value is -3.27. The van der Waals surface area contributed by atoms with Gasteiger partial charge in [0.2, 0.25) is 0 Å². The van der Waals surface area contributed by atoms with Gasteiger partial charge in [-0.2, -0.15) is 0 Å². The minimum Gasteiger partial charge on any atom is -0.508 e. The molecule has 2 aromatic rings. The first kappa shape index (κ1) is 18.1. The van der Waals surface area contributed by atoms with Crippen molar-refractivity contribution >= 4 is 17.1 Å². The SMILES string of the molecule is C=C(C)Nc1ccc(C(/C=C\C)=N/C(=C)Nc2cccc(O)c2)cc1. The Bertz CT molecular complexity index is 817. The summed E-state index contributed by atoms with van der Waals surface area (Å²) in [5.74, 6) is 0.680. The van der Waals surface area contributed by atoms with Gasteiger partial charge < -0.3 is 15.7 Å². The summed E-state index contributed by atoms with van der Waals surface area (Å²) in [4.78, 5) is 4.56. The highest BCUT2D eigenvalue weighted by Crippen LogP contribution is 2.18. The van der Waals surface area contributed by atoms with Gasteiger partial charge in [-0.25, -0.2) is 4.99 Å². The van der Waals surface area contributed by atoms with Crippen molar-refractivity contribution in [1.82, 2.24) is 0 Å². The monoisotopic (exact) mass is 333 g/mol. The maximum Gasteiger partial charge on any atom is 0.123 e. The van der Waals surface area contributed by atoms with Crippen LogP contribution < -0.4 is 10.6 Å². The molecule has 0 radical (unpaired) electrons. The molecule has 4 nitrogen and oxygen atoms in total. The molecule has 0 saturated carbocycles. The molecule has 0 heterocycles. The molecule has 3 N–H and O–H groups in total.